The molecular formula is C15H26N4. The van der Waals surface area contributed by atoms with E-state index in [4.69, 9.17) is 4.98 Å². The van der Waals surface area contributed by atoms with Crippen molar-refractivity contribution in [3.05, 3.63) is 17.7 Å². The van der Waals surface area contributed by atoms with E-state index in [-0.39, 0.29) is 0 Å². The molecular weight excluding hydrogens is 236 g/mol. The number of fused-ring (bicyclic) bond motifs is 1. The standard InChI is InChI=1S/C15H26N4/c1-18(10-13-5-7-16-8-6-13)11-14-12-19-9-3-2-4-15(19)17-14/h12-13,16H,2-11H2,1H3. The molecule has 0 aliphatic carbocycles. The second kappa shape index (κ2) is 6.06. The van der Waals surface area contributed by atoms with E-state index in [0.29, 0.717) is 0 Å². The Kier molecular flexibility index (Phi) is 4.18. The van der Waals surface area contributed by atoms with Crippen molar-refractivity contribution in [3.63, 3.8) is 0 Å². The van der Waals surface area contributed by atoms with Crippen LogP contribution in [-0.2, 0) is 19.5 Å². The molecule has 3 rings (SSSR count). The van der Waals surface area contributed by atoms with Gasteiger partial charge in [0.25, 0.3) is 0 Å². The summed E-state index contributed by atoms with van der Waals surface area (Å²) in [5.41, 5.74) is 1.26. The molecule has 1 aromatic heterocycles. The average molecular weight is 262 g/mol. The lowest BCUT2D eigenvalue weighted by Crippen LogP contribution is -2.34. The van der Waals surface area contributed by atoms with Gasteiger partial charge in [0.1, 0.15) is 5.82 Å². The Morgan fingerprint density at radius 3 is 3.00 bits per heavy atom. The van der Waals surface area contributed by atoms with E-state index >= 15 is 0 Å². The van der Waals surface area contributed by atoms with Crippen molar-refractivity contribution in [2.24, 2.45) is 5.92 Å². The van der Waals surface area contributed by atoms with Crippen LogP contribution in [0.2, 0.25) is 0 Å². The lowest BCUT2D eigenvalue weighted by molar-refractivity contribution is 0.233. The van der Waals surface area contributed by atoms with Crippen LogP contribution in [0, 0.1) is 5.92 Å². The third-order valence-corrected chi connectivity index (χ3v) is 4.42. The first-order valence-corrected chi connectivity index (χ1v) is 7.75. The highest BCUT2D eigenvalue weighted by atomic mass is 15.1. The van der Waals surface area contributed by atoms with Crippen LogP contribution in [0.5, 0.6) is 0 Å². The van der Waals surface area contributed by atoms with Crippen LogP contribution in [0.3, 0.4) is 0 Å². The van der Waals surface area contributed by atoms with Gasteiger partial charge >= 0.3 is 0 Å². The van der Waals surface area contributed by atoms with Gasteiger partial charge in [-0.3, -0.25) is 0 Å². The molecule has 0 radical (unpaired) electrons. The highest BCUT2D eigenvalue weighted by molar-refractivity contribution is 5.06. The number of aryl methyl sites for hydroxylation is 2. The summed E-state index contributed by atoms with van der Waals surface area (Å²) in [6.07, 6.45) is 8.70. The summed E-state index contributed by atoms with van der Waals surface area (Å²) in [4.78, 5) is 7.24. The summed E-state index contributed by atoms with van der Waals surface area (Å²) >= 11 is 0. The Morgan fingerprint density at radius 2 is 2.21 bits per heavy atom. The molecule has 1 saturated heterocycles. The summed E-state index contributed by atoms with van der Waals surface area (Å²) in [6.45, 7) is 5.77. The monoisotopic (exact) mass is 262 g/mol. The van der Waals surface area contributed by atoms with Gasteiger partial charge in [0.05, 0.1) is 5.69 Å². The molecule has 106 valence electrons. The van der Waals surface area contributed by atoms with Gasteiger partial charge in [-0.15, -0.1) is 0 Å². The van der Waals surface area contributed by atoms with Crippen molar-refractivity contribution >= 4 is 0 Å². The van der Waals surface area contributed by atoms with Gasteiger partial charge in [-0.1, -0.05) is 0 Å². The summed E-state index contributed by atoms with van der Waals surface area (Å²) in [5.74, 6) is 2.17. The zero-order chi connectivity index (χ0) is 13.1. The van der Waals surface area contributed by atoms with Gasteiger partial charge in [-0.05, 0) is 51.7 Å². The molecule has 19 heavy (non-hydrogen) atoms. The van der Waals surface area contributed by atoms with E-state index < -0.39 is 0 Å². The predicted molar refractivity (Wildman–Crippen MR) is 77.1 cm³/mol. The van der Waals surface area contributed by atoms with Gasteiger partial charge in [0.15, 0.2) is 0 Å². The number of piperidine rings is 1. The first-order chi connectivity index (χ1) is 9.31. The fourth-order valence-corrected chi connectivity index (χ4v) is 3.39. The normalized spacial score (nSPS) is 20.7. The third kappa shape index (κ3) is 3.37. The predicted octanol–water partition coefficient (Wildman–Crippen LogP) is 1.65. The minimum absolute atomic E-state index is 0.864. The van der Waals surface area contributed by atoms with E-state index in [9.17, 15) is 0 Å². The summed E-state index contributed by atoms with van der Waals surface area (Å²) < 4.78 is 2.36. The molecule has 2 aliphatic rings. The van der Waals surface area contributed by atoms with E-state index in [1.807, 2.05) is 0 Å². The molecule has 0 spiro atoms. The van der Waals surface area contributed by atoms with Crippen molar-refractivity contribution in [2.75, 3.05) is 26.7 Å². The number of nitrogens with one attached hydrogen (secondary N) is 1. The smallest absolute Gasteiger partial charge is 0.109 e. The molecule has 0 amide bonds. The van der Waals surface area contributed by atoms with Crippen molar-refractivity contribution in [3.8, 4) is 0 Å². The Bertz CT molecular complexity index is 383. The first-order valence-electron chi connectivity index (χ1n) is 7.75. The van der Waals surface area contributed by atoms with Crippen LogP contribution in [0.1, 0.15) is 37.2 Å². The zero-order valence-electron chi connectivity index (χ0n) is 12.1. The quantitative estimate of drug-likeness (QED) is 0.895. The lowest BCUT2D eigenvalue weighted by atomic mass is 9.98. The van der Waals surface area contributed by atoms with E-state index in [0.717, 1.165) is 18.9 Å². The van der Waals surface area contributed by atoms with E-state index in [1.54, 1.807) is 0 Å². The molecule has 0 unspecified atom stereocenters. The highest BCUT2D eigenvalue weighted by Gasteiger charge is 2.17. The molecule has 1 N–H and O–H groups in total. The number of hydrogen-bond acceptors (Lipinski definition) is 3. The molecule has 2 aliphatic heterocycles. The molecule has 0 bridgehead atoms. The van der Waals surface area contributed by atoms with Crippen LogP contribution >= 0.6 is 0 Å². The summed E-state index contributed by atoms with van der Waals surface area (Å²) in [5, 5.41) is 3.44. The average Bonchev–Trinajstić information content (AvgIpc) is 2.81. The molecule has 3 heterocycles. The molecule has 0 saturated carbocycles. The molecule has 1 aromatic rings. The first kappa shape index (κ1) is 13.1. The fraction of sp³-hybridized carbons (Fsp3) is 0.800. The van der Waals surface area contributed by atoms with Crippen LogP contribution in [0.25, 0.3) is 0 Å². The van der Waals surface area contributed by atoms with Crippen molar-refractivity contribution in [2.45, 2.75) is 45.2 Å². The second-order valence-electron chi connectivity index (χ2n) is 6.19. The van der Waals surface area contributed by atoms with Gasteiger partial charge in [0.2, 0.25) is 0 Å². The van der Waals surface area contributed by atoms with Crippen molar-refractivity contribution in [1.29, 1.82) is 0 Å². The maximum Gasteiger partial charge on any atom is 0.109 e. The van der Waals surface area contributed by atoms with Crippen molar-refractivity contribution < 1.29 is 0 Å². The molecule has 1 fully saturated rings. The Hall–Kier alpha value is -0.870. The largest absolute Gasteiger partial charge is 0.335 e. The third-order valence-electron chi connectivity index (χ3n) is 4.42. The minimum atomic E-state index is 0.864. The lowest BCUT2D eigenvalue weighted by Gasteiger charge is -2.27. The molecule has 0 atom stereocenters. The maximum absolute atomic E-state index is 4.79. The number of aromatic nitrogens is 2. The highest BCUT2D eigenvalue weighted by Crippen LogP contribution is 2.17. The fourth-order valence-electron chi connectivity index (χ4n) is 3.39. The topological polar surface area (TPSA) is 33.1 Å². The van der Waals surface area contributed by atoms with Gasteiger partial charge in [0, 0.05) is 32.3 Å². The number of imidazole rings is 1. The van der Waals surface area contributed by atoms with E-state index in [2.05, 4.69) is 28.0 Å². The van der Waals surface area contributed by atoms with Crippen LogP contribution in [0.15, 0.2) is 6.20 Å². The van der Waals surface area contributed by atoms with Crippen LogP contribution in [0.4, 0.5) is 0 Å². The molecule has 0 aromatic carbocycles. The van der Waals surface area contributed by atoms with Crippen molar-refractivity contribution in [1.82, 2.24) is 19.8 Å². The number of rotatable bonds is 4. The summed E-state index contributed by atoms with van der Waals surface area (Å²) in [6, 6.07) is 0. The SMILES string of the molecule is CN(Cc1cn2c(n1)CCCC2)CC1CCNCC1. The maximum atomic E-state index is 4.79. The molecule has 4 heteroatoms. The van der Waals surface area contributed by atoms with E-state index in [1.165, 1.54) is 63.4 Å². The summed E-state index contributed by atoms with van der Waals surface area (Å²) in [7, 11) is 2.24. The Morgan fingerprint density at radius 1 is 1.37 bits per heavy atom. The Labute approximate surface area is 116 Å². The van der Waals surface area contributed by atoms with Crippen LogP contribution < -0.4 is 5.32 Å². The minimum Gasteiger partial charge on any atom is -0.335 e. The number of hydrogen-bond donors (Lipinski definition) is 1. The van der Waals surface area contributed by atoms with Gasteiger partial charge < -0.3 is 14.8 Å². The van der Waals surface area contributed by atoms with Gasteiger partial charge in [-0.2, -0.15) is 0 Å². The second-order valence-corrected chi connectivity index (χ2v) is 6.19. The van der Waals surface area contributed by atoms with Crippen LogP contribution in [-0.4, -0.2) is 41.1 Å². The zero-order valence-corrected chi connectivity index (χ0v) is 12.1. The number of nitrogens with zero attached hydrogens (tertiary/aromatic N) is 3. The van der Waals surface area contributed by atoms with Gasteiger partial charge in [-0.25, -0.2) is 4.98 Å². The molecule has 4 nitrogen and oxygen atoms in total. The Balaban J connectivity index is 1.53.